The van der Waals surface area contributed by atoms with Crippen molar-refractivity contribution in [1.29, 1.82) is 0 Å². The highest BCUT2D eigenvalue weighted by molar-refractivity contribution is 5.78. The van der Waals surface area contributed by atoms with Gasteiger partial charge in [0.25, 0.3) is 0 Å². The van der Waals surface area contributed by atoms with E-state index < -0.39 is 0 Å². The molecule has 2 saturated heterocycles. The summed E-state index contributed by atoms with van der Waals surface area (Å²) in [6.07, 6.45) is 11.6. The van der Waals surface area contributed by atoms with Crippen molar-refractivity contribution in [2.45, 2.75) is 89.3 Å². The van der Waals surface area contributed by atoms with E-state index in [-0.39, 0.29) is 0 Å². The lowest BCUT2D eigenvalue weighted by Crippen LogP contribution is -2.56. The molecule has 2 aliphatic heterocycles. The van der Waals surface area contributed by atoms with Crippen LogP contribution in [0.3, 0.4) is 0 Å². The summed E-state index contributed by atoms with van der Waals surface area (Å²) >= 11 is 0. The SMILES string of the molecule is CCC(=O)N(C1CCCC1)C1CCN(CC(=O)N2CCN(C3CCC3)CC2)CC1. The molecule has 0 bridgehead atoms. The van der Waals surface area contributed by atoms with Crippen molar-refractivity contribution in [2.75, 3.05) is 45.8 Å². The third-order valence-corrected chi connectivity index (χ3v) is 7.88. The van der Waals surface area contributed by atoms with E-state index in [2.05, 4.69) is 19.6 Å². The summed E-state index contributed by atoms with van der Waals surface area (Å²) in [6, 6.07) is 1.63. The van der Waals surface area contributed by atoms with E-state index in [1.165, 1.54) is 44.9 Å². The molecule has 2 aliphatic carbocycles. The molecule has 6 nitrogen and oxygen atoms in total. The van der Waals surface area contributed by atoms with Crippen LogP contribution >= 0.6 is 0 Å². The van der Waals surface area contributed by atoms with Crippen LogP contribution in [0.5, 0.6) is 0 Å². The third-order valence-electron chi connectivity index (χ3n) is 7.88. The second-order valence-corrected chi connectivity index (χ2v) is 9.60. The van der Waals surface area contributed by atoms with Crippen molar-refractivity contribution in [2.24, 2.45) is 0 Å². The molecule has 0 N–H and O–H groups in total. The van der Waals surface area contributed by atoms with Crippen molar-refractivity contribution < 1.29 is 9.59 Å². The van der Waals surface area contributed by atoms with Crippen LogP contribution in [-0.2, 0) is 9.59 Å². The van der Waals surface area contributed by atoms with E-state index in [1.807, 2.05) is 6.92 Å². The quantitative estimate of drug-likeness (QED) is 0.682. The monoisotopic (exact) mass is 404 g/mol. The Morgan fingerprint density at radius 2 is 1.41 bits per heavy atom. The third kappa shape index (κ3) is 4.96. The maximum absolute atomic E-state index is 12.8. The van der Waals surface area contributed by atoms with Gasteiger partial charge in [0.2, 0.25) is 11.8 Å². The van der Waals surface area contributed by atoms with E-state index in [0.717, 1.165) is 58.2 Å². The minimum absolute atomic E-state index is 0.300. The molecule has 0 unspecified atom stereocenters. The molecule has 4 aliphatic rings. The predicted molar refractivity (Wildman–Crippen MR) is 115 cm³/mol. The van der Waals surface area contributed by atoms with E-state index in [4.69, 9.17) is 0 Å². The van der Waals surface area contributed by atoms with Crippen LogP contribution in [0, 0.1) is 0 Å². The Labute approximate surface area is 176 Å². The van der Waals surface area contributed by atoms with Crippen molar-refractivity contribution in [3.8, 4) is 0 Å². The molecule has 0 aromatic rings. The summed E-state index contributed by atoms with van der Waals surface area (Å²) in [7, 11) is 0. The van der Waals surface area contributed by atoms with Gasteiger partial charge in [-0.2, -0.15) is 0 Å². The van der Waals surface area contributed by atoms with Crippen LogP contribution in [0.15, 0.2) is 0 Å². The molecular weight excluding hydrogens is 364 g/mol. The van der Waals surface area contributed by atoms with Gasteiger partial charge in [-0.15, -0.1) is 0 Å². The Balaban J connectivity index is 1.22. The molecule has 0 aromatic carbocycles. The smallest absolute Gasteiger partial charge is 0.236 e. The predicted octanol–water partition coefficient (Wildman–Crippen LogP) is 2.33. The summed E-state index contributed by atoms with van der Waals surface area (Å²) < 4.78 is 0. The minimum atomic E-state index is 0.300. The zero-order chi connectivity index (χ0) is 20.2. The molecule has 6 heteroatoms. The molecule has 4 fully saturated rings. The van der Waals surface area contributed by atoms with Crippen LogP contribution in [-0.4, -0.2) is 95.4 Å². The molecule has 164 valence electrons. The Bertz CT molecular complexity index is 557. The minimum Gasteiger partial charge on any atom is -0.339 e. The molecular formula is C23H40N4O2. The second kappa shape index (κ2) is 9.78. The van der Waals surface area contributed by atoms with Gasteiger partial charge < -0.3 is 9.80 Å². The van der Waals surface area contributed by atoms with E-state index in [0.29, 0.717) is 36.9 Å². The van der Waals surface area contributed by atoms with Crippen molar-refractivity contribution in [3.05, 3.63) is 0 Å². The number of piperidine rings is 1. The highest BCUT2D eigenvalue weighted by Gasteiger charge is 2.35. The molecule has 0 radical (unpaired) electrons. The van der Waals surface area contributed by atoms with Crippen molar-refractivity contribution >= 4 is 11.8 Å². The van der Waals surface area contributed by atoms with E-state index in [1.54, 1.807) is 0 Å². The molecule has 4 rings (SSSR count). The maximum atomic E-state index is 12.8. The van der Waals surface area contributed by atoms with Gasteiger partial charge in [0.15, 0.2) is 0 Å². The van der Waals surface area contributed by atoms with Gasteiger partial charge in [-0.1, -0.05) is 26.2 Å². The van der Waals surface area contributed by atoms with Gasteiger partial charge in [-0.25, -0.2) is 0 Å². The first kappa shape index (κ1) is 21.1. The lowest BCUT2D eigenvalue weighted by molar-refractivity contribution is -0.139. The highest BCUT2D eigenvalue weighted by Crippen LogP contribution is 2.29. The number of amides is 2. The van der Waals surface area contributed by atoms with Gasteiger partial charge in [-0.3, -0.25) is 19.4 Å². The summed E-state index contributed by atoms with van der Waals surface area (Å²) in [6.45, 7) is 8.32. The van der Waals surface area contributed by atoms with Crippen LogP contribution < -0.4 is 0 Å². The Kier molecular flexibility index (Phi) is 7.12. The number of rotatable bonds is 6. The number of hydrogen-bond donors (Lipinski definition) is 0. The molecule has 0 aromatic heterocycles. The molecule has 2 heterocycles. The lowest BCUT2D eigenvalue weighted by Gasteiger charge is -2.44. The van der Waals surface area contributed by atoms with Gasteiger partial charge in [-0.05, 0) is 38.5 Å². The average Bonchev–Trinajstić information content (AvgIpc) is 3.23. The van der Waals surface area contributed by atoms with Crippen LogP contribution in [0.25, 0.3) is 0 Å². The molecule has 29 heavy (non-hydrogen) atoms. The summed E-state index contributed by atoms with van der Waals surface area (Å²) in [4.78, 5) is 34.6. The molecule has 0 spiro atoms. The highest BCUT2D eigenvalue weighted by atomic mass is 16.2. The Morgan fingerprint density at radius 1 is 0.793 bits per heavy atom. The number of likely N-dealkylation sites (tertiary alicyclic amines) is 1. The molecule has 2 saturated carbocycles. The zero-order valence-electron chi connectivity index (χ0n) is 18.4. The number of piperazine rings is 1. The summed E-state index contributed by atoms with van der Waals surface area (Å²) in [5, 5.41) is 0. The topological polar surface area (TPSA) is 47.1 Å². The van der Waals surface area contributed by atoms with Gasteiger partial charge in [0.05, 0.1) is 6.54 Å². The van der Waals surface area contributed by atoms with Gasteiger partial charge in [0.1, 0.15) is 0 Å². The number of hydrogen-bond acceptors (Lipinski definition) is 4. The number of carbonyl (C=O) groups excluding carboxylic acids is 2. The maximum Gasteiger partial charge on any atom is 0.236 e. The van der Waals surface area contributed by atoms with E-state index in [9.17, 15) is 9.59 Å². The average molecular weight is 405 g/mol. The first-order valence-electron chi connectivity index (χ1n) is 12.2. The first-order chi connectivity index (χ1) is 14.2. The molecule has 0 atom stereocenters. The standard InChI is InChI=1S/C23H40N4O2/c1-2-22(28)27(20-6-3-4-7-20)21-10-12-24(13-11-21)18-23(29)26-16-14-25(15-17-26)19-8-5-9-19/h19-21H,2-18H2,1H3. The fourth-order valence-corrected chi connectivity index (χ4v) is 5.81. The van der Waals surface area contributed by atoms with Gasteiger partial charge >= 0.3 is 0 Å². The summed E-state index contributed by atoms with van der Waals surface area (Å²) in [5.41, 5.74) is 0. The largest absolute Gasteiger partial charge is 0.339 e. The number of carbonyl (C=O) groups is 2. The lowest BCUT2D eigenvalue weighted by atomic mass is 9.91. The fourth-order valence-electron chi connectivity index (χ4n) is 5.81. The van der Waals surface area contributed by atoms with Crippen molar-refractivity contribution in [1.82, 2.24) is 19.6 Å². The Morgan fingerprint density at radius 3 is 1.97 bits per heavy atom. The molecule has 2 amide bonds. The number of nitrogens with zero attached hydrogens (tertiary/aromatic N) is 4. The zero-order valence-corrected chi connectivity index (χ0v) is 18.4. The van der Waals surface area contributed by atoms with E-state index >= 15 is 0 Å². The summed E-state index contributed by atoms with van der Waals surface area (Å²) in [5.74, 6) is 0.629. The Hall–Kier alpha value is -1.14. The normalized spacial score (nSPS) is 25.9. The van der Waals surface area contributed by atoms with Crippen LogP contribution in [0.2, 0.25) is 0 Å². The van der Waals surface area contributed by atoms with Crippen molar-refractivity contribution in [3.63, 3.8) is 0 Å². The second-order valence-electron chi connectivity index (χ2n) is 9.60. The fraction of sp³-hybridized carbons (Fsp3) is 0.913. The van der Waals surface area contributed by atoms with Crippen LogP contribution in [0.1, 0.15) is 71.1 Å². The van der Waals surface area contributed by atoms with Crippen LogP contribution in [0.4, 0.5) is 0 Å². The van der Waals surface area contributed by atoms with Gasteiger partial charge in [0, 0.05) is 63.8 Å². The first-order valence-corrected chi connectivity index (χ1v) is 12.2.